The van der Waals surface area contributed by atoms with Crippen LogP contribution in [0, 0.1) is 0 Å². The first-order valence-corrected chi connectivity index (χ1v) is 12.9. The maximum atomic E-state index is 12.3. The second-order valence-electron chi connectivity index (χ2n) is 8.74. The summed E-state index contributed by atoms with van der Waals surface area (Å²) in [7, 11) is 0. The van der Waals surface area contributed by atoms with Crippen LogP contribution in [0.25, 0.3) is 11.1 Å². The van der Waals surface area contributed by atoms with E-state index < -0.39 is 0 Å². The minimum Gasteiger partial charge on any atom is -0.494 e. The van der Waals surface area contributed by atoms with E-state index in [1.807, 2.05) is 24.3 Å². The molecule has 3 rings (SSSR count). The molecule has 3 aromatic carbocycles. The quantitative estimate of drug-likeness (QED) is 0.166. The highest BCUT2D eigenvalue weighted by Gasteiger charge is 2.08. The smallest absolute Gasteiger partial charge is 0.338 e. The Morgan fingerprint density at radius 3 is 1.60 bits per heavy atom. The summed E-state index contributed by atoms with van der Waals surface area (Å²) in [4.78, 5) is 12.3. The lowest BCUT2D eigenvalue weighted by atomic mass is 10.0. The zero-order chi connectivity index (χ0) is 24.7. The second kappa shape index (κ2) is 14.9. The van der Waals surface area contributed by atoms with Crippen molar-refractivity contribution in [3.05, 3.63) is 83.9 Å². The molecular formula is C31H38O4. The molecule has 0 spiro atoms. The van der Waals surface area contributed by atoms with Gasteiger partial charge in [-0.25, -0.2) is 4.79 Å². The molecule has 0 N–H and O–H groups in total. The summed E-state index contributed by atoms with van der Waals surface area (Å²) >= 11 is 0. The summed E-state index contributed by atoms with van der Waals surface area (Å²) in [5.74, 6) is 1.39. The molecule has 0 amide bonds. The zero-order valence-electron chi connectivity index (χ0n) is 21.1. The van der Waals surface area contributed by atoms with Crippen LogP contribution in [-0.4, -0.2) is 25.8 Å². The van der Waals surface area contributed by atoms with E-state index in [0.717, 1.165) is 54.1 Å². The molecular weight excluding hydrogens is 436 g/mol. The van der Waals surface area contributed by atoms with Gasteiger partial charge in [0.25, 0.3) is 0 Å². The fraction of sp³-hybridized carbons (Fsp3) is 0.387. The standard InChI is InChI=1S/C31H38O4/c1-3-5-7-22-33-29-17-13-27(14-18-29)26-11-9-25(10-12-26)21-24-35-31(32)28-15-19-30(20-16-28)34-23-8-6-4-2/h9-20H,3-8,21-24H2,1-2H3. The zero-order valence-corrected chi connectivity index (χ0v) is 21.1. The van der Waals surface area contributed by atoms with Crippen molar-refractivity contribution in [2.75, 3.05) is 19.8 Å². The summed E-state index contributed by atoms with van der Waals surface area (Å²) in [6.45, 7) is 6.18. The highest BCUT2D eigenvalue weighted by atomic mass is 16.5. The molecule has 0 fully saturated rings. The van der Waals surface area contributed by atoms with E-state index in [2.05, 4.69) is 50.2 Å². The summed E-state index contributed by atoms with van der Waals surface area (Å²) < 4.78 is 17.0. The molecule has 0 aliphatic rings. The molecule has 0 aliphatic heterocycles. The Balaban J connectivity index is 1.41. The van der Waals surface area contributed by atoms with Crippen LogP contribution in [-0.2, 0) is 11.2 Å². The Kier molecular flexibility index (Phi) is 11.2. The van der Waals surface area contributed by atoms with Crippen LogP contribution in [0.5, 0.6) is 11.5 Å². The molecule has 0 aliphatic carbocycles. The third kappa shape index (κ3) is 9.12. The Hall–Kier alpha value is -3.27. The van der Waals surface area contributed by atoms with Crippen molar-refractivity contribution in [3.63, 3.8) is 0 Å². The third-order valence-corrected chi connectivity index (χ3v) is 5.89. The van der Waals surface area contributed by atoms with E-state index in [4.69, 9.17) is 14.2 Å². The number of rotatable bonds is 15. The van der Waals surface area contributed by atoms with Gasteiger partial charge in [-0.3, -0.25) is 0 Å². The molecule has 35 heavy (non-hydrogen) atoms. The topological polar surface area (TPSA) is 44.8 Å². The maximum absolute atomic E-state index is 12.3. The van der Waals surface area contributed by atoms with Gasteiger partial charge in [-0.05, 0) is 65.9 Å². The lowest BCUT2D eigenvalue weighted by Crippen LogP contribution is -2.08. The summed E-state index contributed by atoms with van der Waals surface area (Å²) in [5.41, 5.74) is 3.98. The first kappa shape index (κ1) is 26.3. The molecule has 3 aromatic rings. The fourth-order valence-electron chi connectivity index (χ4n) is 3.72. The van der Waals surface area contributed by atoms with Crippen molar-refractivity contribution in [1.29, 1.82) is 0 Å². The number of hydrogen-bond acceptors (Lipinski definition) is 4. The molecule has 0 unspecified atom stereocenters. The van der Waals surface area contributed by atoms with Gasteiger partial charge in [0.05, 0.1) is 25.4 Å². The molecule has 0 saturated heterocycles. The molecule has 0 aromatic heterocycles. The molecule has 4 nitrogen and oxygen atoms in total. The number of hydrogen-bond donors (Lipinski definition) is 0. The van der Waals surface area contributed by atoms with Gasteiger partial charge in [-0.2, -0.15) is 0 Å². The molecule has 0 atom stereocenters. The molecule has 186 valence electrons. The van der Waals surface area contributed by atoms with Crippen LogP contribution in [0.15, 0.2) is 72.8 Å². The molecule has 0 saturated carbocycles. The number of carbonyl (C=O) groups excluding carboxylic acids is 1. The van der Waals surface area contributed by atoms with E-state index in [9.17, 15) is 4.79 Å². The van der Waals surface area contributed by atoms with Gasteiger partial charge >= 0.3 is 5.97 Å². The largest absolute Gasteiger partial charge is 0.494 e. The van der Waals surface area contributed by atoms with Gasteiger partial charge in [0.2, 0.25) is 0 Å². The van der Waals surface area contributed by atoms with Crippen molar-refractivity contribution < 1.29 is 19.0 Å². The van der Waals surface area contributed by atoms with Crippen LogP contribution < -0.4 is 9.47 Å². The summed E-state index contributed by atoms with van der Waals surface area (Å²) in [6.07, 6.45) is 7.54. The van der Waals surface area contributed by atoms with Gasteiger partial charge in [0.1, 0.15) is 11.5 Å². The fourth-order valence-corrected chi connectivity index (χ4v) is 3.72. The lowest BCUT2D eigenvalue weighted by Gasteiger charge is -2.09. The van der Waals surface area contributed by atoms with Gasteiger partial charge < -0.3 is 14.2 Å². The van der Waals surface area contributed by atoms with Crippen LogP contribution >= 0.6 is 0 Å². The number of carbonyl (C=O) groups is 1. The van der Waals surface area contributed by atoms with Gasteiger partial charge in [0, 0.05) is 6.42 Å². The molecule has 4 heteroatoms. The number of esters is 1. The van der Waals surface area contributed by atoms with Crippen LogP contribution in [0.2, 0.25) is 0 Å². The third-order valence-electron chi connectivity index (χ3n) is 5.89. The van der Waals surface area contributed by atoms with Crippen molar-refractivity contribution in [3.8, 4) is 22.6 Å². The van der Waals surface area contributed by atoms with Crippen molar-refractivity contribution >= 4 is 5.97 Å². The Morgan fingerprint density at radius 1 is 0.600 bits per heavy atom. The molecule has 0 heterocycles. The van der Waals surface area contributed by atoms with E-state index in [1.54, 1.807) is 12.1 Å². The van der Waals surface area contributed by atoms with Crippen molar-refractivity contribution in [2.45, 2.75) is 58.8 Å². The van der Waals surface area contributed by atoms with Gasteiger partial charge in [-0.15, -0.1) is 0 Å². The van der Waals surface area contributed by atoms with Crippen LogP contribution in [0.1, 0.15) is 68.3 Å². The Bertz CT molecular complexity index is 992. The second-order valence-corrected chi connectivity index (χ2v) is 8.74. The minimum absolute atomic E-state index is 0.309. The normalized spacial score (nSPS) is 10.7. The van der Waals surface area contributed by atoms with Crippen LogP contribution in [0.3, 0.4) is 0 Å². The van der Waals surface area contributed by atoms with E-state index in [0.29, 0.717) is 25.2 Å². The number of ether oxygens (including phenoxy) is 3. The Morgan fingerprint density at radius 2 is 1.09 bits per heavy atom. The highest BCUT2D eigenvalue weighted by molar-refractivity contribution is 5.89. The summed E-state index contributed by atoms with van der Waals surface area (Å²) in [6, 6.07) is 23.8. The highest BCUT2D eigenvalue weighted by Crippen LogP contribution is 2.23. The van der Waals surface area contributed by atoms with E-state index in [1.165, 1.54) is 19.3 Å². The van der Waals surface area contributed by atoms with E-state index >= 15 is 0 Å². The van der Waals surface area contributed by atoms with Gasteiger partial charge in [0.15, 0.2) is 0 Å². The predicted octanol–water partition coefficient (Wildman–Crippen LogP) is 7.89. The SMILES string of the molecule is CCCCCOc1ccc(C(=O)OCCc2ccc(-c3ccc(OCCCCC)cc3)cc2)cc1. The van der Waals surface area contributed by atoms with Crippen LogP contribution in [0.4, 0.5) is 0 Å². The Labute approximate surface area is 210 Å². The summed E-state index contributed by atoms with van der Waals surface area (Å²) in [5, 5.41) is 0. The average molecular weight is 475 g/mol. The minimum atomic E-state index is -0.309. The average Bonchev–Trinajstić information content (AvgIpc) is 2.90. The first-order valence-electron chi connectivity index (χ1n) is 12.9. The molecule has 0 radical (unpaired) electrons. The maximum Gasteiger partial charge on any atom is 0.338 e. The monoisotopic (exact) mass is 474 g/mol. The number of benzene rings is 3. The van der Waals surface area contributed by atoms with Gasteiger partial charge in [-0.1, -0.05) is 75.9 Å². The molecule has 0 bridgehead atoms. The lowest BCUT2D eigenvalue weighted by molar-refractivity contribution is 0.0509. The van der Waals surface area contributed by atoms with Crippen molar-refractivity contribution in [2.24, 2.45) is 0 Å². The predicted molar refractivity (Wildman–Crippen MR) is 142 cm³/mol. The first-order chi connectivity index (χ1) is 17.2. The number of unbranched alkanes of at least 4 members (excludes halogenated alkanes) is 4. The van der Waals surface area contributed by atoms with Crippen molar-refractivity contribution in [1.82, 2.24) is 0 Å². The van der Waals surface area contributed by atoms with E-state index in [-0.39, 0.29) is 5.97 Å².